The predicted molar refractivity (Wildman–Crippen MR) is 85.0 cm³/mol. The molecule has 1 aliphatic heterocycles. The van der Waals surface area contributed by atoms with Crippen LogP contribution in [0.4, 0.5) is 0 Å². The second-order valence-corrected chi connectivity index (χ2v) is 7.40. The molecule has 21 heavy (non-hydrogen) atoms. The van der Waals surface area contributed by atoms with E-state index in [0.29, 0.717) is 12.3 Å². The SMILES string of the molecule is CC(C)CC1NC(=O)CN(C(c2cccs2)C(C)C)C1=O. The number of nitrogens with zero attached hydrogens (tertiary/aromatic N) is 1. The molecule has 2 heterocycles. The number of thiophene rings is 1. The minimum Gasteiger partial charge on any atom is -0.343 e. The lowest BCUT2D eigenvalue weighted by atomic mass is 9.95. The lowest BCUT2D eigenvalue weighted by molar-refractivity contribution is -0.148. The van der Waals surface area contributed by atoms with Crippen LogP contribution in [0.5, 0.6) is 0 Å². The molecular weight excluding hydrogens is 284 g/mol. The molecule has 1 saturated heterocycles. The van der Waals surface area contributed by atoms with Crippen LogP contribution in [-0.4, -0.2) is 29.3 Å². The third-order valence-corrected chi connectivity index (χ3v) is 4.68. The summed E-state index contributed by atoms with van der Waals surface area (Å²) in [5.74, 6) is 0.648. The summed E-state index contributed by atoms with van der Waals surface area (Å²) in [5, 5.41) is 4.86. The Kier molecular flexibility index (Phi) is 5.04. The molecule has 4 nitrogen and oxygen atoms in total. The Morgan fingerprint density at radius 3 is 2.57 bits per heavy atom. The second-order valence-electron chi connectivity index (χ2n) is 6.42. The number of hydrogen-bond acceptors (Lipinski definition) is 3. The van der Waals surface area contributed by atoms with Gasteiger partial charge >= 0.3 is 0 Å². The van der Waals surface area contributed by atoms with Crippen LogP contribution < -0.4 is 5.32 Å². The average Bonchev–Trinajstić information content (AvgIpc) is 2.87. The van der Waals surface area contributed by atoms with Gasteiger partial charge in [0.05, 0.1) is 6.04 Å². The van der Waals surface area contributed by atoms with E-state index < -0.39 is 0 Å². The van der Waals surface area contributed by atoms with Crippen LogP contribution in [0.15, 0.2) is 17.5 Å². The zero-order chi connectivity index (χ0) is 15.6. The summed E-state index contributed by atoms with van der Waals surface area (Å²) in [4.78, 5) is 27.7. The van der Waals surface area contributed by atoms with Crippen molar-refractivity contribution in [3.63, 3.8) is 0 Å². The molecule has 1 aromatic rings. The van der Waals surface area contributed by atoms with Crippen molar-refractivity contribution in [3.05, 3.63) is 22.4 Å². The molecule has 1 aliphatic rings. The van der Waals surface area contributed by atoms with Gasteiger partial charge in [-0.2, -0.15) is 0 Å². The number of piperazine rings is 1. The molecule has 0 saturated carbocycles. The largest absolute Gasteiger partial charge is 0.343 e. The van der Waals surface area contributed by atoms with Crippen LogP contribution in [0.1, 0.15) is 45.0 Å². The van der Waals surface area contributed by atoms with E-state index in [9.17, 15) is 9.59 Å². The molecule has 1 fully saturated rings. The van der Waals surface area contributed by atoms with E-state index in [0.717, 1.165) is 4.88 Å². The first-order valence-electron chi connectivity index (χ1n) is 7.53. The number of amides is 2. The van der Waals surface area contributed by atoms with E-state index in [-0.39, 0.29) is 36.4 Å². The molecular formula is C16H24N2O2S. The van der Waals surface area contributed by atoms with Crippen LogP contribution in [0.2, 0.25) is 0 Å². The van der Waals surface area contributed by atoms with Gasteiger partial charge in [0.25, 0.3) is 0 Å². The molecule has 2 atom stereocenters. The molecule has 5 heteroatoms. The summed E-state index contributed by atoms with van der Waals surface area (Å²) in [7, 11) is 0. The van der Waals surface area contributed by atoms with E-state index in [1.807, 2.05) is 17.5 Å². The number of rotatable bonds is 5. The van der Waals surface area contributed by atoms with Gasteiger partial charge in [0.2, 0.25) is 11.8 Å². The summed E-state index contributed by atoms with van der Waals surface area (Å²) in [5.41, 5.74) is 0. The first-order chi connectivity index (χ1) is 9.90. The topological polar surface area (TPSA) is 49.4 Å². The van der Waals surface area contributed by atoms with Gasteiger partial charge in [-0.25, -0.2) is 0 Å². The van der Waals surface area contributed by atoms with Crippen molar-refractivity contribution in [2.45, 2.75) is 46.2 Å². The van der Waals surface area contributed by atoms with Gasteiger partial charge in [0.15, 0.2) is 0 Å². The summed E-state index contributed by atoms with van der Waals surface area (Å²) in [6.45, 7) is 8.49. The molecule has 2 amide bonds. The third-order valence-electron chi connectivity index (χ3n) is 3.74. The van der Waals surface area contributed by atoms with E-state index in [4.69, 9.17) is 0 Å². The van der Waals surface area contributed by atoms with Gasteiger partial charge in [-0.15, -0.1) is 11.3 Å². The standard InChI is InChI=1S/C16H24N2O2S/c1-10(2)8-12-16(20)18(9-14(19)17-12)15(11(3)4)13-6-5-7-21-13/h5-7,10-12,15H,8-9H2,1-4H3,(H,17,19). The molecule has 116 valence electrons. The average molecular weight is 308 g/mol. The predicted octanol–water partition coefficient (Wildman–Crippen LogP) is 2.82. The maximum absolute atomic E-state index is 12.8. The minimum absolute atomic E-state index is 0.0155. The molecule has 0 spiro atoms. The third kappa shape index (κ3) is 3.64. The van der Waals surface area contributed by atoms with Crippen LogP contribution in [0.25, 0.3) is 0 Å². The lowest BCUT2D eigenvalue weighted by Gasteiger charge is -2.39. The first-order valence-corrected chi connectivity index (χ1v) is 8.41. The van der Waals surface area contributed by atoms with Crippen molar-refractivity contribution >= 4 is 23.2 Å². The Hall–Kier alpha value is -1.36. The maximum atomic E-state index is 12.8. The summed E-state index contributed by atoms with van der Waals surface area (Å²) >= 11 is 1.65. The van der Waals surface area contributed by atoms with Gasteiger partial charge < -0.3 is 10.2 Å². The summed E-state index contributed by atoms with van der Waals surface area (Å²) < 4.78 is 0. The van der Waals surface area contributed by atoms with Gasteiger partial charge in [-0.1, -0.05) is 33.8 Å². The van der Waals surface area contributed by atoms with E-state index in [1.165, 1.54) is 0 Å². The van der Waals surface area contributed by atoms with Crippen molar-refractivity contribution in [1.82, 2.24) is 10.2 Å². The van der Waals surface area contributed by atoms with E-state index in [2.05, 4.69) is 33.0 Å². The van der Waals surface area contributed by atoms with E-state index >= 15 is 0 Å². The van der Waals surface area contributed by atoms with Crippen molar-refractivity contribution in [2.24, 2.45) is 11.8 Å². The Labute approximate surface area is 130 Å². The molecule has 1 aromatic heterocycles. The normalized spacial score (nSPS) is 21.0. The number of carbonyl (C=O) groups excluding carboxylic acids is 2. The summed E-state index contributed by atoms with van der Waals surface area (Å²) in [6.07, 6.45) is 0.691. The molecule has 2 unspecified atom stereocenters. The lowest BCUT2D eigenvalue weighted by Crippen LogP contribution is -2.59. The van der Waals surface area contributed by atoms with E-state index in [1.54, 1.807) is 16.2 Å². The van der Waals surface area contributed by atoms with Gasteiger partial charge in [0.1, 0.15) is 12.6 Å². The summed E-state index contributed by atoms with van der Waals surface area (Å²) in [6, 6.07) is 3.65. The monoisotopic (exact) mass is 308 g/mol. The first kappa shape index (κ1) is 16.0. The number of carbonyl (C=O) groups is 2. The van der Waals surface area contributed by atoms with Crippen LogP contribution in [0, 0.1) is 11.8 Å². The van der Waals surface area contributed by atoms with Gasteiger partial charge in [0, 0.05) is 4.88 Å². The van der Waals surface area contributed by atoms with Crippen molar-refractivity contribution in [2.75, 3.05) is 6.54 Å². The minimum atomic E-state index is -0.382. The molecule has 0 aliphatic carbocycles. The highest BCUT2D eigenvalue weighted by molar-refractivity contribution is 7.10. The van der Waals surface area contributed by atoms with Crippen molar-refractivity contribution in [3.8, 4) is 0 Å². The molecule has 2 rings (SSSR count). The van der Waals surface area contributed by atoms with Crippen LogP contribution >= 0.6 is 11.3 Å². The van der Waals surface area contributed by atoms with Gasteiger partial charge in [-0.05, 0) is 29.7 Å². The zero-order valence-corrected chi connectivity index (χ0v) is 13.9. The quantitative estimate of drug-likeness (QED) is 0.909. The zero-order valence-electron chi connectivity index (χ0n) is 13.1. The van der Waals surface area contributed by atoms with Crippen molar-refractivity contribution in [1.29, 1.82) is 0 Å². The fourth-order valence-electron chi connectivity index (χ4n) is 2.90. The van der Waals surface area contributed by atoms with Gasteiger partial charge in [-0.3, -0.25) is 9.59 Å². The fourth-order valence-corrected chi connectivity index (χ4v) is 3.91. The highest BCUT2D eigenvalue weighted by atomic mass is 32.1. The Morgan fingerprint density at radius 2 is 2.05 bits per heavy atom. The highest BCUT2D eigenvalue weighted by Crippen LogP contribution is 2.33. The molecule has 0 bridgehead atoms. The van der Waals surface area contributed by atoms with Crippen LogP contribution in [-0.2, 0) is 9.59 Å². The Morgan fingerprint density at radius 1 is 1.33 bits per heavy atom. The molecule has 1 N–H and O–H groups in total. The fraction of sp³-hybridized carbons (Fsp3) is 0.625. The number of nitrogens with one attached hydrogen (secondary N) is 1. The molecule has 0 aromatic carbocycles. The number of hydrogen-bond donors (Lipinski definition) is 1. The van der Waals surface area contributed by atoms with Crippen molar-refractivity contribution < 1.29 is 9.59 Å². The highest BCUT2D eigenvalue weighted by Gasteiger charge is 2.38. The molecule has 0 radical (unpaired) electrons. The Bertz CT molecular complexity index is 496. The second kappa shape index (κ2) is 6.60. The smallest absolute Gasteiger partial charge is 0.246 e. The van der Waals surface area contributed by atoms with Crippen LogP contribution in [0.3, 0.4) is 0 Å². The Balaban J connectivity index is 2.26. The maximum Gasteiger partial charge on any atom is 0.246 e.